The van der Waals surface area contributed by atoms with Crippen LogP contribution in [0.2, 0.25) is 5.02 Å². The summed E-state index contributed by atoms with van der Waals surface area (Å²) in [5.74, 6) is -0.0145. The number of benzene rings is 2. The summed E-state index contributed by atoms with van der Waals surface area (Å²) in [6.07, 6.45) is 0. The highest BCUT2D eigenvalue weighted by atomic mass is 35.5. The normalized spacial score (nSPS) is 11.1. The van der Waals surface area contributed by atoms with Crippen molar-refractivity contribution in [3.8, 4) is 0 Å². The highest BCUT2D eigenvalue weighted by Gasteiger charge is 2.20. The maximum absolute atomic E-state index is 12.9. The van der Waals surface area contributed by atoms with Crippen molar-refractivity contribution >= 4 is 44.5 Å². The molecule has 0 radical (unpaired) electrons. The fraction of sp³-hybridized carbons (Fsp3) is 0.167. The molecule has 0 saturated carbocycles. The molecular weight excluding hydrogens is 314 g/mol. The summed E-state index contributed by atoms with van der Waals surface area (Å²) >= 11 is 7.52. The van der Waals surface area contributed by atoms with Crippen LogP contribution in [0.25, 0.3) is 10.8 Å². The van der Waals surface area contributed by atoms with Crippen molar-refractivity contribution < 1.29 is 4.79 Å². The third-order valence-corrected chi connectivity index (χ3v) is 5.30. The van der Waals surface area contributed by atoms with Gasteiger partial charge in [0.2, 0.25) is 0 Å². The Hall–Kier alpha value is -1.84. The quantitative estimate of drug-likeness (QED) is 0.649. The Morgan fingerprint density at radius 3 is 2.50 bits per heavy atom. The van der Waals surface area contributed by atoms with Gasteiger partial charge in [-0.3, -0.25) is 4.79 Å². The molecule has 0 fully saturated rings. The first-order chi connectivity index (χ1) is 10.4. The lowest BCUT2D eigenvalue weighted by Crippen LogP contribution is -2.05. The van der Waals surface area contributed by atoms with Crippen LogP contribution < -0.4 is 5.73 Å². The molecule has 0 saturated heterocycles. The molecule has 2 nitrogen and oxygen atoms in total. The Morgan fingerprint density at radius 1 is 1.14 bits per heavy atom. The number of nitrogen functional groups attached to an aromatic ring is 1. The van der Waals surface area contributed by atoms with Crippen LogP contribution >= 0.6 is 22.9 Å². The number of anilines is 1. The Kier molecular flexibility index (Phi) is 3.71. The number of carbonyl (C=O) groups is 1. The van der Waals surface area contributed by atoms with Gasteiger partial charge in [-0.1, -0.05) is 17.7 Å². The lowest BCUT2D eigenvalue weighted by molar-refractivity contribution is 0.103. The Balaban J connectivity index is 2.18. The van der Waals surface area contributed by atoms with E-state index >= 15 is 0 Å². The van der Waals surface area contributed by atoms with Gasteiger partial charge < -0.3 is 5.73 Å². The zero-order chi connectivity index (χ0) is 16.0. The minimum absolute atomic E-state index is 0.0145. The van der Waals surface area contributed by atoms with E-state index in [1.54, 1.807) is 0 Å². The molecule has 0 unspecified atom stereocenters. The molecule has 2 aromatic carbocycles. The lowest BCUT2D eigenvalue weighted by atomic mass is 9.96. The topological polar surface area (TPSA) is 43.1 Å². The van der Waals surface area contributed by atoms with Crippen molar-refractivity contribution in [2.45, 2.75) is 20.8 Å². The van der Waals surface area contributed by atoms with Gasteiger partial charge in [0.05, 0.1) is 10.6 Å². The van der Waals surface area contributed by atoms with Gasteiger partial charge in [0.15, 0.2) is 5.78 Å². The SMILES string of the molecule is Cc1sc(N)c(C(=O)c2cc(C)c3cc(Cl)ccc3c2)c1C. The van der Waals surface area contributed by atoms with Crippen LogP contribution in [0, 0.1) is 20.8 Å². The van der Waals surface area contributed by atoms with Crippen LogP contribution in [-0.2, 0) is 0 Å². The maximum Gasteiger partial charge on any atom is 0.196 e. The smallest absolute Gasteiger partial charge is 0.196 e. The molecule has 0 amide bonds. The molecule has 3 rings (SSSR count). The van der Waals surface area contributed by atoms with Crippen molar-refractivity contribution in [3.63, 3.8) is 0 Å². The first-order valence-corrected chi connectivity index (χ1v) is 8.18. The molecule has 1 heterocycles. The fourth-order valence-electron chi connectivity index (χ4n) is 2.73. The Morgan fingerprint density at radius 2 is 1.86 bits per heavy atom. The zero-order valence-electron chi connectivity index (χ0n) is 12.7. The predicted molar refractivity (Wildman–Crippen MR) is 95.3 cm³/mol. The molecule has 2 N–H and O–H groups in total. The van der Waals surface area contributed by atoms with E-state index in [2.05, 4.69) is 0 Å². The van der Waals surface area contributed by atoms with Crippen LogP contribution in [0.1, 0.15) is 31.9 Å². The van der Waals surface area contributed by atoms with Crippen molar-refractivity contribution in [1.29, 1.82) is 0 Å². The second kappa shape index (κ2) is 5.41. The van der Waals surface area contributed by atoms with Crippen LogP contribution in [0.15, 0.2) is 30.3 Å². The Bertz CT molecular complexity index is 911. The largest absolute Gasteiger partial charge is 0.390 e. The van der Waals surface area contributed by atoms with E-state index in [0.29, 0.717) is 21.2 Å². The summed E-state index contributed by atoms with van der Waals surface area (Å²) in [5, 5.41) is 3.36. The number of carbonyl (C=O) groups excluding carboxylic acids is 1. The summed E-state index contributed by atoms with van der Waals surface area (Å²) in [7, 11) is 0. The summed E-state index contributed by atoms with van der Waals surface area (Å²) in [5.41, 5.74) is 9.34. The Labute approximate surface area is 138 Å². The summed E-state index contributed by atoms with van der Waals surface area (Å²) < 4.78 is 0. The first kappa shape index (κ1) is 15.1. The number of rotatable bonds is 2. The van der Waals surface area contributed by atoms with Crippen molar-refractivity contribution in [2.75, 3.05) is 5.73 Å². The van der Waals surface area contributed by atoms with E-state index in [9.17, 15) is 4.79 Å². The molecule has 3 aromatic rings. The third kappa shape index (κ3) is 2.40. The summed E-state index contributed by atoms with van der Waals surface area (Å²) in [6.45, 7) is 5.93. The molecule has 0 aliphatic heterocycles. The lowest BCUT2D eigenvalue weighted by Gasteiger charge is -2.08. The maximum atomic E-state index is 12.9. The van der Waals surface area contributed by atoms with E-state index in [1.807, 2.05) is 51.1 Å². The molecule has 4 heteroatoms. The summed E-state index contributed by atoms with van der Waals surface area (Å²) in [4.78, 5) is 14.0. The van der Waals surface area contributed by atoms with E-state index in [-0.39, 0.29) is 5.78 Å². The molecular formula is C18H16ClNOS. The zero-order valence-corrected chi connectivity index (χ0v) is 14.2. The van der Waals surface area contributed by atoms with Gasteiger partial charge in [-0.15, -0.1) is 11.3 Å². The van der Waals surface area contributed by atoms with Gasteiger partial charge >= 0.3 is 0 Å². The average molecular weight is 330 g/mol. The summed E-state index contributed by atoms with van der Waals surface area (Å²) in [6, 6.07) is 9.52. The highest BCUT2D eigenvalue weighted by Crippen LogP contribution is 2.33. The average Bonchev–Trinajstić information content (AvgIpc) is 2.72. The van der Waals surface area contributed by atoms with E-state index < -0.39 is 0 Å². The number of ketones is 1. The number of thiophene rings is 1. The van der Waals surface area contributed by atoms with Crippen molar-refractivity contribution in [3.05, 3.63) is 62.5 Å². The van der Waals surface area contributed by atoms with Crippen molar-refractivity contribution in [1.82, 2.24) is 0 Å². The van der Waals surface area contributed by atoms with Gasteiger partial charge in [-0.05, 0) is 66.9 Å². The molecule has 0 bridgehead atoms. The first-order valence-electron chi connectivity index (χ1n) is 6.98. The van der Waals surface area contributed by atoms with E-state index in [1.165, 1.54) is 11.3 Å². The van der Waals surface area contributed by atoms with Gasteiger partial charge in [0.1, 0.15) is 0 Å². The number of aryl methyl sites for hydroxylation is 2. The van der Waals surface area contributed by atoms with Gasteiger partial charge in [0, 0.05) is 15.5 Å². The number of halogens is 1. The monoisotopic (exact) mass is 329 g/mol. The number of fused-ring (bicyclic) bond motifs is 1. The van der Waals surface area contributed by atoms with E-state index in [0.717, 1.165) is 26.8 Å². The van der Waals surface area contributed by atoms with Crippen LogP contribution in [0.3, 0.4) is 0 Å². The third-order valence-electron chi connectivity index (χ3n) is 4.02. The van der Waals surface area contributed by atoms with Crippen molar-refractivity contribution in [2.24, 2.45) is 0 Å². The molecule has 112 valence electrons. The molecule has 0 aliphatic rings. The van der Waals surface area contributed by atoms with Gasteiger partial charge in [-0.25, -0.2) is 0 Å². The van der Waals surface area contributed by atoms with E-state index in [4.69, 9.17) is 17.3 Å². The standard InChI is InChI=1S/C18H16ClNOS/c1-9-6-13(7-12-4-5-14(19)8-15(9)12)17(21)16-10(2)11(3)22-18(16)20/h4-8H,20H2,1-3H3. The predicted octanol–water partition coefficient (Wildman–Crippen LogP) is 5.29. The number of hydrogen-bond donors (Lipinski definition) is 1. The number of hydrogen-bond acceptors (Lipinski definition) is 3. The molecule has 0 atom stereocenters. The minimum atomic E-state index is -0.0145. The highest BCUT2D eigenvalue weighted by molar-refractivity contribution is 7.16. The molecule has 0 spiro atoms. The molecule has 0 aliphatic carbocycles. The van der Waals surface area contributed by atoms with Gasteiger partial charge in [0.25, 0.3) is 0 Å². The molecule has 22 heavy (non-hydrogen) atoms. The molecule has 1 aromatic heterocycles. The minimum Gasteiger partial charge on any atom is -0.390 e. The van der Waals surface area contributed by atoms with Gasteiger partial charge in [-0.2, -0.15) is 0 Å². The second-order valence-corrected chi connectivity index (χ2v) is 7.20. The fourth-order valence-corrected chi connectivity index (χ4v) is 3.83. The number of nitrogens with two attached hydrogens (primary N) is 1. The second-order valence-electron chi connectivity index (χ2n) is 5.51. The van der Waals surface area contributed by atoms with Crippen LogP contribution in [-0.4, -0.2) is 5.78 Å². The van der Waals surface area contributed by atoms with Crippen LogP contribution in [0.5, 0.6) is 0 Å². The van der Waals surface area contributed by atoms with Crippen LogP contribution in [0.4, 0.5) is 5.00 Å².